The quantitative estimate of drug-likeness (QED) is 0.652. The number of anilines is 1. The van der Waals surface area contributed by atoms with Crippen molar-refractivity contribution in [2.75, 3.05) is 12.4 Å². The Morgan fingerprint density at radius 3 is 2.67 bits per heavy atom. The van der Waals surface area contributed by atoms with Crippen LogP contribution < -0.4 is 5.32 Å². The van der Waals surface area contributed by atoms with Gasteiger partial charge in [-0.3, -0.25) is 0 Å². The van der Waals surface area contributed by atoms with E-state index in [0.717, 1.165) is 11.4 Å². The first-order chi connectivity index (χ1) is 5.83. The Hall–Kier alpha value is -1.44. The van der Waals surface area contributed by atoms with Gasteiger partial charge in [-0.05, 0) is 19.1 Å². The highest BCUT2D eigenvalue weighted by atomic mass is 14.8. The molecule has 0 radical (unpaired) electrons. The van der Waals surface area contributed by atoms with E-state index in [1.54, 1.807) is 0 Å². The van der Waals surface area contributed by atoms with Gasteiger partial charge in [-0.2, -0.15) is 0 Å². The molecule has 0 aromatic carbocycles. The molecule has 0 aliphatic rings. The highest BCUT2D eigenvalue weighted by Crippen LogP contribution is 1.99. The van der Waals surface area contributed by atoms with Crippen molar-refractivity contribution < 1.29 is 0 Å². The minimum Gasteiger partial charge on any atom is -0.387 e. The SMILES string of the molecule is CNc1cccccc(C)[nH]c1. The van der Waals surface area contributed by atoms with Gasteiger partial charge in [-0.15, -0.1) is 0 Å². The fraction of sp³-hybridized carbons (Fsp3) is 0.200. The summed E-state index contributed by atoms with van der Waals surface area (Å²) < 4.78 is 0. The predicted molar refractivity (Wildman–Crippen MR) is 52.7 cm³/mol. The van der Waals surface area contributed by atoms with Crippen LogP contribution in [-0.2, 0) is 0 Å². The van der Waals surface area contributed by atoms with Gasteiger partial charge in [0.2, 0.25) is 0 Å². The molecule has 2 nitrogen and oxygen atoms in total. The molecule has 1 aromatic rings. The lowest BCUT2D eigenvalue weighted by Crippen LogP contribution is -1.85. The Morgan fingerprint density at radius 2 is 1.92 bits per heavy atom. The molecular formula is C10H14N2. The van der Waals surface area contributed by atoms with Gasteiger partial charge < -0.3 is 10.3 Å². The van der Waals surface area contributed by atoms with Crippen molar-refractivity contribution in [3.63, 3.8) is 0 Å². The first-order valence-electron chi connectivity index (χ1n) is 3.99. The van der Waals surface area contributed by atoms with Crippen molar-refractivity contribution in [3.05, 3.63) is 42.2 Å². The number of rotatable bonds is 1. The van der Waals surface area contributed by atoms with E-state index < -0.39 is 0 Å². The van der Waals surface area contributed by atoms with Crippen LogP contribution in [0.5, 0.6) is 0 Å². The highest BCUT2D eigenvalue weighted by Gasteiger charge is 1.79. The smallest absolute Gasteiger partial charge is 0.0500 e. The summed E-state index contributed by atoms with van der Waals surface area (Å²) in [4.78, 5) is 3.16. The summed E-state index contributed by atoms with van der Waals surface area (Å²) in [6.45, 7) is 2.03. The van der Waals surface area contributed by atoms with Crippen LogP contribution in [0.15, 0.2) is 36.5 Å². The number of nitrogens with one attached hydrogen (secondary N) is 2. The van der Waals surface area contributed by atoms with Crippen molar-refractivity contribution in [1.82, 2.24) is 4.98 Å². The van der Waals surface area contributed by atoms with E-state index in [9.17, 15) is 0 Å². The Kier molecular flexibility index (Phi) is 3.20. The summed E-state index contributed by atoms with van der Waals surface area (Å²) in [7, 11) is 1.90. The van der Waals surface area contributed by atoms with Gasteiger partial charge in [-0.1, -0.05) is 18.2 Å². The van der Waals surface area contributed by atoms with E-state index in [1.807, 2.05) is 50.5 Å². The normalized spacial score (nSPS) is 8.83. The molecule has 1 rings (SSSR count). The molecule has 0 unspecified atom stereocenters. The maximum atomic E-state index is 3.16. The average molecular weight is 162 g/mol. The van der Waals surface area contributed by atoms with Crippen molar-refractivity contribution >= 4 is 5.69 Å². The number of hydrogen-bond acceptors (Lipinski definition) is 1. The Balaban J connectivity index is 3.17. The van der Waals surface area contributed by atoms with Gasteiger partial charge in [0.15, 0.2) is 0 Å². The summed E-state index contributed by atoms with van der Waals surface area (Å²) >= 11 is 0. The number of hydrogen-bond donors (Lipinski definition) is 2. The molecule has 0 fully saturated rings. The Bertz CT molecular complexity index is 288. The molecule has 0 aliphatic carbocycles. The second-order valence-electron chi connectivity index (χ2n) is 2.59. The molecule has 2 N–H and O–H groups in total. The van der Waals surface area contributed by atoms with Gasteiger partial charge >= 0.3 is 0 Å². The van der Waals surface area contributed by atoms with Crippen molar-refractivity contribution in [1.29, 1.82) is 0 Å². The lowest BCUT2D eigenvalue weighted by molar-refractivity contribution is 1.22. The van der Waals surface area contributed by atoms with Gasteiger partial charge in [0.05, 0.1) is 5.69 Å². The number of H-pyrrole nitrogens is 1. The molecule has 2 heteroatoms. The van der Waals surface area contributed by atoms with Crippen LogP contribution in [0, 0.1) is 6.92 Å². The van der Waals surface area contributed by atoms with Crippen molar-refractivity contribution in [3.8, 4) is 0 Å². The van der Waals surface area contributed by atoms with E-state index in [1.165, 1.54) is 0 Å². The number of aromatic amines is 1. The first-order valence-corrected chi connectivity index (χ1v) is 3.99. The zero-order chi connectivity index (χ0) is 8.81. The third kappa shape index (κ3) is 2.66. The van der Waals surface area contributed by atoms with Gasteiger partial charge in [0, 0.05) is 18.9 Å². The molecule has 12 heavy (non-hydrogen) atoms. The fourth-order valence-corrected chi connectivity index (χ4v) is 0.867. The minimum atomic E-state index is 1.06. The standard InChI is InChI=1S/C10H14N2/c1-9-6-4-3-5-7-10(11-2)8-12-9/h3-8,11-12H,1-2H3. The molecule has 0 bridgehead atoms. The van der Waals surface area contributed by atoms with Gasteiger partial charge in [0.25, 0.3) is 0 Å². The molecule has 0 saturated heterocycles. The van der Waals surface area contributed by atoms with E-state index in [2.05, 4.69) is 10.3 Å². The van der Waals surface area contributed by atoms with Crippen LogP contribution in [0.3, 0.4) is 0 Å². The van der Waals surface area contributed by atoms with Crippen LogP contribution in [0.2, 0.25) is 0 Å². The topological polar surface area (TPSA) is 27.8 Å². The highest BCUT2D eigenvalue weighted by molar-refractivity contribution is 5.37. The summed E-state index contributed by atoms with van der Waals surface area (Å²) in [5, 5.41) is 3.07. The summed E-state index contributed by atoms with van der Waals surface area (Å²) in [5.74, 6) is 0. The zero-order valence-electron chi connectivity index (χ0n) is 7.46. The monoisotopic (exact) mass is 162 g/mol. The van der Waals surface area contributed by atoms with Crippen LogP contribution in [0.1, 0.15) is 5.69 Å². The van der Waals surface area contributed by atoms with E-state index in [0.29, 0.717) is 0 Å². The number of aryl methyl sites for hydroxylation is 1. The molecule has 0 spiro atoms. The molecule has 0 saturated carbocycles. The molecule has 1 aromatic heterocycles. The van der Waals surface area contributed by atoms with Crippen LogP contribution in [0.25, 0.3) is 0 Å². The summed E-state index contributed by atoms with van der Waals surface area (Å²) in [6, 6.07) is 10.0. The average Bonchev–Trinajstić information content (AvgIpc) is 2.17. The maximum absolute atomic E-state index is 3.16. The molecule has 0 amide bonds. The molecule has 1 heterocycles. The molecule has 64 valence electrons. The predicted octanol–water partition coefficient (Wildman–Crippen LogP) is 2.49. The van der Waals surface area contributed by atoms with Crippen LogP contribution in [0.4, 0.5) is 5.69 Å². The Morgan fingerprint density at radius 1 is 1.17 bits per heavy atom. The van der Waals surface area contributed by atoms with Crippen molar-refractivity contribution in [2.24, 2.45) is 0 Å². The largest absolute Gasteiger partial charge is 0.387 e. The van der Waals surface area contributed by atoms with E-state index in [-0.39, 0.29) is 0 Å². The summed E-state index contributed by atoms with van der Waals surface area (Å²) in [5.41, 5.74) is 2.19. The number of aromatic nitrogens is 1. The third-order valence-electron chi connectivity index (χ3n) is 1.59. The Labute approximate surface area is 73.0 Å². The second-order valence-corrected chi connectivity index (χ2v) is 2.59. The van der Waals surface area contributed by atoms with Crippen LogP contribution >= 0.6 is 0 Å². The van der Waals surface area contributed by atoms with Crippen molar-refractivity contribution in [2.45, 2.75) is 6.92 Å². The second kappa shape index (κ2) is 4.44. The third-order valence-corrected chi connectivity index (χ3v) is 1.59. The molecule has 0 atom stereocenters. The lowest BCUT2D eigenvalue weighted by atomic mass is 10.4. The molecular weight excluding hydrogens is 148 g/mol. The van der Waals surface area contributed by atoms with Gasteiger partial charge in [-0.25, -0.2) is 0 Å². The van der Waals surface area contributed by atoms with Crippen LogP contribution in [-0.4, -0.2) is 12.0 Å². The first kappa shape index (κ1) is 8.65. The lowest BCUT2D eigenvalue weighted by Gasteiger charge is -1.93. The van der Waals surface area contributed by atoms with E-state index >= 15 is 0 Å². The summed E-state index contributed by atoms with van der Waals surface area (Å²) in [6.07, 6.45) is 1.94. The minimum absolute atomic E-state index is 1.06. The zero-order valence-corrected chi connectivity index (χ0v) is 7.46. The maximum Gasteiger partial charge on any atom is 0.0500 e. The fourth-order valence-electron chi connectivity index (χ4n) is 0.867. The van der Waals surface area contributed by atoms with Gasteiger partial charge in [0.1, 0.15) is 0 Å². The molecule has 0 aliphatic heterocycles. The van der Waals surface area contributed by atoms with E-state index in [4.69, 9.17) is 0 Å².